The average molecular weight is 161 g/mol. The van der Waals surface area contributed by atoms with Gasteiger partial charge in [0.25, 0.3) is 0 Å². The van der Waals surface area contributed by atoms with Crippen LogP contribution in [0, 0.1) is 0 Å². The van der Waals surface area contributed by atoms with Gasteiger partial charge in [0.05, 0.1) is 5.39 Å². The highest BCUT2D eigenvalue weighted by Gasteiger charge is 2.05. The number of aromatic nitrogens is 2. The lowest BCUT2D eigenvalue weighted by atomic mass is 10.2. The molecule has 0 radical (unpaired) electrons. The second kappa shape index (κ2) is 2.44. The average Bonchev–Trinajstić information content (AvgIpc) is 2.04. The maximum Gasteiger partial charge on any atom is 0.213 e. The Kier molecular flexibility index (Phi) is 1.43. The fourth-order valence-electron chi connectivity index (χ4n) is 1.25. The van der Waals surface area contributed by atoms with Crippen molar-refractivity contribution in [3.8, 4) is 5.75 Å². The maximum absolute atomic E-state index is 9.47. The summed E-state index contributed by atoms with van der Waals surface area (Å²) in [6.45, 7) is 0. The van der Waals surface area contributed by atoms with Gasteiger partial charge in [-0.2, -0.15) is 0 Å². The first-order chi connectivity index (χ1) is 5.77. The third-order valence-electron chi connectivity index (χ3n) is 1.75. The molecule has 0 aliphatic carbocycles. The first kappa shape index (κ1) is 7.03. The van der Waals surface area contributed by atoms with Crippen LogP contribution in [0.3, 0.4) is 0 Å². The largest absolute Gasteiger partial charge is 0.501 e. The van der Waals surface area contributed by atoms with Crippen LogP contribution >= 0.6 is 0 Å². The summed E-state index contributed by atoms with van der Waals surface area (Å²) in [6.07, 6.45) is 5.22. The zero-order valence-electron chi connectivity index (χ0n) is 6.73. The molecule has 3 nitrogen and oxygen atoms in total. The van der Waals surface area contributed by atoms with E-state index in [2.05, 4.69) is 4.98 Å². The Balaban J connectivity index is 2.89. The van der Waals surface area contributed by atoms with Gasteiger partial charge in [0.1, 0.15) is 12.6 Å². The van der Waals surface area contributed by atoms with Crippen molar-refractivity contribution in [1.82, 2.24) is 4.98 Å². The third kappa shape index (κ3) is 0.993. The van der Waals surface area contributed by atoms with E-state index in [1.807, 2.05) is 25.4 Å². The van der Waals surface area contributed by atoms with Crippen molar-refractivity contribution < 1.29 is 9.67 Å². The van der Waals surface area contributed by atoms with E-state index >= 15 is 0 Å². The molecule has 0 aliphatic heterocycles. The molecule has 0 atom stereocenters. The Morgan fingerprint density at radius 2 is 2.25 bits per heavy atom. The van der Waals surface area contributed by atoms with Crippen LogP contribution in [0.2, 0.25) is 0 Å². The highest BCUT2D eigenvalue weighted by atomic mass is 16.3. The van der Waals surface area contributed by atoms with Crippen LogP contribution in [0.4, 0.5) is 0 Å². The van der Waals surface area contributed by atoms with E-state index < -0.39 is 0 Å². The molecule has 1 N–H and O–H groups in total. The number of hydrogen-bond donors (Lipinski definition) is 1. The molecule has 0 aliphatic rings. The van der Waals surface area contributed by atoms with Gasteiger partial charge < -0.3 is 5.11 Å². The number of aromatic hydroxyl groups is 1. The zero-order valence-corrected chi connectivity index (χ0v) is 6.73. The predicted molar refractivity (Wildman–Crippen MR) is 44.6 cm³/mol. The molecule has 3 heteroatoms. The summed E-state index contributed by atoms with van der Waals surface area (Å²) in [5.74, 6) is 0.218. The number of nitrogens with zero attached hydrogens (tertiary/aromatic N) is 2. The van der Waals surface area contributed by atoms with E-state index in [1.54, 1.807) is 17.0 Å². The minimum absolute atomic E-state index is 0.218. The van der Waals surface area contributed by atoms with Crippen LogP contribution in [0.25, 0.3) is 10.9 Å². The Morgan fingerprint density at radius 3 is 3.08 bits per heavy atom. The molecule has 2 heterocycles. The standard InChI is InChI=1S/C9H8N2O/c1-11-5-7-3-2-4-10-9(7)8(12)6-11/h2-6H,1H3/p+1. The van der Waals surface area contributed by atoms with E-state index in [9.17, 15) is 5.11 Å². The van der Waals surface area contributed by atoms with Gasteiger partial charge in [0.2, 0.25) is 11.9 Å². The molecule has 0 aromatic carbocycles. The SMILES string of the molecule is C[n+]1cc(O)c2ncccc2c1. The summed E-state index contributed by atoms with van der Waals surface area (Å²) in [6, 6.07) is 3.77. The first-order valence-corrected chi connectivity index (χ1v) is 3.70. The molecule has 0 bridgehead atoms. The Hall–Kier alpha value is -1.64. The van der Waals surface area contributed by atoms with Crippen molar-refractivity contribution in [1.29, 1.82) is 0 Å². The number of aryl methyl sites for hydroxylation is 1. The van der Waals surface area contributed by atoms with E-state index in [0.717, 1.165) is 5.39 Å². The van der Waals surface area contributed by atoms with Gasteiger partial charge in [-0.3, -0.25) is 4.98 Å². The Labute approximate surface area is 69.9 Å². The predicted octanol–water partition coefficient (Wildman–Crippen LogP) is 0.765. The Bertz CT molecular complexity index is 426. The molecular weight excluding hydrogens is 152 g/mol. The molecule has 0 fully saturated rings. The van der Waals surface area contributed by atoms with Gasteiger partial charge in [-0.05, 0) is 12.1 Å². The quantitative estimate of drug-likeness (QED) is 0.579. The second-order valence-corrected chi connectivity index (χ2v) is 2.75. The summed E-state index contributed by atoms with van der Waals surface area (Å²) in [7, 11) is 1.87. The van der Waals surface area contributed by atoms with E-state index in [-0.39, 0.29) is 5.75 Å². The summed E-state index contributed by atoms with van der Waals surface area (Å²) in [4.78, 5) is 4.06. The number of fused-ring (bicyclic) bond motifs is 1. The van der Waals surface area contributed by atoms with Gasteiger partial charge >= 0.3 is 0 Å². The van der Waals surface area contributed by atoms with Crippen molar-refractivity contribution in [2.24, 2.45) is 7.05 Å². The monoisotopic (exact) mass is 161 g/mol. The van der Waals surface area contributed by atoms with Crippen molar-refractivity contribution in [3.05, 3.63) is 30.7 Å². The summed E-state index contributed by atoms with van der Waals surface area (Å²) >= 11 is 0. The summed E-state index contributed by atoms with van der Waals surface area (Å²) in [5, 5.41) is 10.4. The molecule has 2 rings (SSSR count). The van der Waals surface area contributed by atoms with Crippen LogP contribution in [0.15, 0.2) is 30.7 Å². The summed E-state index contributed by atoms with van der Waals surface area (Å²) < 4.78 is 1.80. The Morgan fingerprint density at radius 1 is 1.42 bits per heavy atom. The van der Waals surface area contributed by atoms with Crippen LogP contribution in [0.5, 0.6) is 5.75 Å². The number of pyridine rings is 2. The van der Waals surface area contributed by atoms with Crippen molar-refractivity contribution in [2.75, 3.05) is 0 Å². The van der Waals surface area contributed by atoms with Gasteiger partial charge in [0, 0.05) is 6.20 Å². The molecule has 0 amide bonds. The lowest BCUT2D eigenvalue weighted by Crippen LogP contribution is -2.26. The van der Waals surface area contributed by atoms with Crippen molar-refractivity contribution >= 4 is 10.9 Å². The van der Waals surface area contributed by atoms with Crippen molar-refractivity contribution in [3.63, 3.8) is 0 Å². The third-order valence-corrected chi connectivity index (χ3v) is 1.75. The van der Waals surface area contributed by atoms with E-state index in [0.29, 0.717) is 5.52 Å². The normalized spacial score (nSPS) is 10.4. The van der Waals surface area contributed by atoms with Gasteiger partial charge in [-0.25, -0.2) is 4.57 Å². The van der Waals surface area contributed by atoms with E-state index in [4.69, 9.17) is 0 Å². The molecule has 0 saturated carbocycles. The van der Waals surface area contributed by atoms with Crippen LogP contribution in [-0.2, 0) is 7.05 Å². The van der Waals surface area contributed by atoms with Crippen LogP contribution in [0.1, 0.15) is 0 Å². The lowest BCUT2D eigenvalue weighted by Gasteiger charge is -1.96. The number of hydrogen-bond acceptors (Lipinski definition) is 2. The van der Waals surface area contributed by atoms with Crippen LogP contribution < -0.4 is 4.57 Å². The highest BCUT2D eigenvalue weighted by Crippen LogP contribution is 2.17. The lowest BCUT2D eigenvalue weighted by molar-refractivity contribution is -0.670. The molecular formula is C9H9N2O+. The van der Waals surface area contributed by atoms with Gasteiger partial charge in [-0.15, -0.1) is 0 Å². The molecule has 12 heavy (non-hydrogen) atoms. The highest BCUT2D eigenvalue weighted by molar-refractivity contribution is 5.81. The maximum atomic E-state index is 9.47. The fourth-order valence-corrected chi connectivity index (χ4v) is 1.25. The minimum atomic E-state index is 0.218. The second-order valence-electron chi connectivity index (χ2n) is 2.75. The van der Waals surface area contributed by atoms with Gasteiger partial charge in [-0.1, -0.05) is 0 Å². The molecule has 2 aromatic heterocycles. The van der Waals surface area contributed by atoms with Gasteiger partial charge in [0.15, 0.2) is 6.20 Å². The van der Waals surface area contributed by atoms with Crippen molar-refractivity contribution in [2.45, 2.75) is 0 Å². The minimum Gasteiger partial charge on any atom is -0.501 e. The smallest absolute Gasteiger partial charge is 0.213 e. The fraction of sp³-hybridized carbons (Fsp3) is 0.111. The number of rotatable bonds is 0. The first-order valence-electron chi connectivity index (χ1n) is 3.70. The van der Waals surface area contributed by atoms with E-state index in [1.165, 1.54) is 0 Å². The molecule has 0 spiro atoms. The van der Waals surface area contributed by atoms with Crippen LogP contribution in [-0.4, -0.2) is 10.1 Å². The zero-order chi connectivity index (χ0) is 8.55. The topological polar surface area (TPSA) is 37.0 Å². The molecule has 0 unspecified atom stereocenters. The molecule has 60 valence electrons. The molecule has 2 aromatic rings. The molecule has 0 saturated heterocycles. The summed E-state index contributed by atoms with van der Waals surface area (Å²) in [5.41, 5.74) is 0.649.